The molecule has 0 radical (unpaired) electrons. The van der Waals surface area contributed by atoms with Gasteiger partial charge in [0.2, 0.25) is 0 Å². The zero-order valence-electron chi connectivity index (χ0n) is 17.6. The molecule has 2 N–H and O–H groups in total. The molecule has 0 atom stereocenters. The van der Waals surface area contributed by atoms with Gasteiger partial charge in [-0.2, -0.15) is 0 Å². The van der Waals surface area contributed by atoms with Crippen LogP contribution in [-0.2, 0) is 17.8 Å². The Kier molecular flexibility index (Phi) is 8.58. The third kappa shape index (κ3) is 6.76. The first-order valence-electron chi connectivity index (χ1n) is 10.8. The molecule has 156 valence electrons. The monoisotopic (exact) mass is 387 g/mol. The van der Waals surface area contributed by atoms with E-state index in [-0.39, 0.29) is 0 Å². The standard InChI is InChI=1S/C22H37N5O/c1-3-9-26-10-7-21(8-11-26)25-22(23-2)24-17-19-5-4-6-20(16-19)18-27-12-14-28-15-13-27/h4-6,16,21H,3,7-15,17-18H2,1-2H3,(H2,23,24,25). The third-order valence-electron chi connectivity index (χ3n) is 5.65. The fraction of sp³-hybridized carbons (Fsp3) is 0.682. The van der Waals surface area contributed by atoms with Crippen molar-refractivity contribution in [3.05, 3.63) is 35.4 Å². The highest BCUT2D eigenvalue weighted by Crippen LogP contribution is 2.12. The van der Waals surface area contributed by atoms with E-state index in [1.807, 2.05) is 7.05 Å². The SMILES string of the molecule is CCCN1CCC(NC(=NC)NCc2cccc(CN3CCOCC3)c2)CC1. The summed E-state index contributed by atoms with van der Waals surface area (Å²) in [6.07, 6.45) is 3.62. The Labute approximate surface area is 170 Å². The summed E-state index contributed by atoms with van der Waals surface area (Å²) in [5.74, 6) is 0.910. The number of ether oxygens (including phenoxy) is 1. The van der Waals surface area contributed by atoms with Gasteiger partial charge in [-0.1, -0.05) is 31.2 Å². The van der Waals surface area contributed by atoms with Gasteiger partial charge in [-0.3, -0.25) is 9.89 Å². The molecule has 28 heavy (non-hydrogen) atoms. The maximum atomic E-state index is 5.44. The van der Waals surface area contributed by atoms with E-state index in [0.29, 0.717) is 6.04 Å². The quantitative estimate of drug-likeness (QED) is 0.554. The number of nitrogens with zero attached hydrogens (tertiary/aromatic N) is 3. The van der Waals surface area contributed by atoms with E-state index in [1.165, 1.54) is 50.0 Å². The zero-order valence-corrected chi connectivity index (χ0v) is 17.6. The second-order valence-electron chi connectivity index (χ2n) is 7.89. The van der Waals surface area contributed by atoms with Crippen LogP contribution in [0.15, 0.2) is 29.3 Å². The van der Waals surface area contributed by atoms with Crippen LogP contribution in [-0.4, -0.2) is 74.8 Å². The van der Waals surface area contributed by atoms with E-state index in [0.717, 1.165) is 45.4 Å². The topological polar surface area (TPSA) is 52.1 Å². The van der Waals surface area contributed by atoms with Crippen LogP contribution in [0, 0.1) is 0 Å². The molecular weight excluding hydrogens is 350 g/mol. The molecule has 2 heterocycles. The van der Waals surface area contributed by atoms with E-state index in [1.54, 1.807) is 0 Å². The lowest BCUT2D eigenvalue weighted by Crippen LogP contribution is -2.48. The molecule has 6 nitrogen and oxygen atoms in total. The summed E-state index contributed by atoms with van der Waals surface area (Å²) in [5, 5.41) is 7.10. The summed E-state index contributed by atoms with van der Waals surface area (Å²) in [5.41, 5.74) is 2.67. The van der Waals surface area contributed by atoms with E-state index >= 15 is 0 Å². The van der Waals surface area contributed by atoms with Crippen molar-refractivity contribution >= 4 is 5.96 Å². The lowest BCUT2D eigenvalue weighted by Gasteiger charge is -2.32. The molecular formula is C22H37N5O. The smallest absolute Gasteiger partial charge is 0.191 e. The molecule has 0 spiro atoms. The molecule has 2 aliphatic rings. The summed E-state index contributed by atoms with van der Waals surface area (Å²) in [4.78, 5) is 9.45. The van der Waals surface area contributed by atoms with Crippen molar-refractivity contribution in [1.82, 2.24) is 20.4 Å². The highest BCUT2D eigenvalue weighted by molar-refractivity contribution is 5.79. The lowest BCUT2D eigenvalue weighted by atomic mass is 10.1. The van der Waals surface area contributed by atoms with Crippen molar-refractivity contribution in [2.24, 2.45) is 4.99 Å². The Morgan fingerprint density at radius 2 is 1.86 bits per heavy atom. The van der Waals surface area contributed by atoms with Crippen LogP contribution in [0.1, 0.15) is 37.3 Å². The first-order valence-corrected chi connectivity index (χ1v) is 10.8. The van der Waals surface area contributed by atoms with Gasteiger partial charge in [0.1, 0.15) is 0 Å². The minimum absolute atomic E-state index is 0.520. The molecule has 6 heteroatoms. The van der Waals surface area contributed by atoms with E-state index < -0.39 is 0 Å². The largest absolute Gasteiger partial charge is 0.379 e. The Morgan fingerprint density at radius 3 is 2.57 bits per heavy atom. The van der Waals surface area contributed by atoms with E-state index in [9.17, 15) is 0 Å². The molecule has 1 aromatic rings. The molecule has 0 unspecified atom stereocenters. The number of nitrogens with one attached hydrogen (secondary N) is 2. The van der Waals surface area contributed by atoms with Crippen molar-refractivity contribution in [3.63, 3.8) is 0 Å². The summed E-state index contributed by atoms with van der Waals surface area (Å²) in [6.45, 7) is 11.4. The van der Waals surface area contributed by atoms with Crippen LogP contribution in [0.3, 0.4) is 0 Å². The number of aliphatic imine (C=N–C) groups is 1. The average Bonchev–Trinajstić information content (AvgIpc) is 2.73. The van der Waals surface area contributed by atoms with E-state index in [2.05, 4.69) is 56.6 Å². The van der Waals surface area contributed by atoms with Crippen molar-refractivity contribution in [3.8, 4) is 0 Å². The summed E-state index contributed by atoms with van der Waals surface area (Å²) >= 11 is 0. The minimum atomic E-state index is 0.520. The van der Waals surface area contributed by atoms with Gasteiger partial charge in [-0.05, 0) is 36.9 Å². The van der Waals surface area contributed by atoms with Gasteiger partial charge in [0.05, 0.1) is 13.2 Å². The van der Waals surface area contributed by atoms with Crippen molar-refractivity contribution in [2.45, 2.75) is 45.3 Å². The van der Waals surface area contributed by atoms with Gasteiger partial charge >= 0.3 is 0 Å². The van der Waals surface area contributed by atoms with Crippen molar-refractivity contribution in [2.75, 3.05) is 53.0 Å². The first kappa shape index (κ1) is 21.1. The third-order valence-corrected chi connectivity index (χ3v) is 5.65. The number of hydrogen-bond acceptors (Lipinski definition) is 4. The Bertz CT molecular complexity index is 607. The maximum absolute atomic E-state index is 5.44. The maximum Gasteiger partial charge on any atom is 0.191 e. The Balaban J connectivity index is 1.44. The molecule has 0 aromatic heterocycles. The molecule has 0 bridgehead atoms. The highest BCUT2D eigenvalue weighted by atomic mass is 16.5. The normalized spacial score (nSPS) is 20.3. The van der Waals surface area contributed by atoms with Crippen LogP contribution >= 0.6 is 0 Å². The number of piperidine rings is 1. The second-order valence-corrected chi connectivity index (χ2v) is 7.89. The molecule has 0 amide bonds. The molecule has 3 rings (SSSR count). The number of morpholine rings is 1. The predicted octanol–water partition coefficient (Wildman–Crippen LogP) is 2.06. The van der Waals surface area contributed by atoms with Crippen LogP contribution in [0.2, 0.25) is 0 Å². The van der Waals surface area contributed by atoms with Gasteiger partial charge in [0.15, 0.2) is 5.96 Å². The number of benzene rings is 1. The van der Waals surface area contributed by atoms with Crippen LogP contribution in [0.4, 0.5) is 0 Å². The summed E-state index contributed by atoms with van der Waals surface area (Å²) in [6, 6.07) is 9.39. The fourth-order valence-electron chi connectivity index (χ4n) is 4.05. The second kappa shape index (κ2) is 11.4. The molecule has 0 saturated carbocycles. The average molecular weight is 388 g/mol. The Hall–Kier alpha value is -1.63. The van der Waals surface area contributed by atoms with Crippen molar-refractivity contribution in [1.29, 1.82) is 0 Å². The molecule has 2 fully saturated rings. The highest BCUT2D eigenvalue weighted by Gasteiger charge is 2.19. The molecule has 2 aliphatic heterocycles. The predicted molar refractivity (Wildman–Crippen MR) is 116 cm³/mol. The summed E-state index contributed by atoms with van der Waals surface area (Å²) in [7, 11) is 1.86. The van der Waals surface area contributed by atoms with Gasteiger partial charge in [0, 0.05) is 52.4 Å². The minimum Gasteiger partial charge on any atom is -0.379 e. The van der Waals surface area contributed by atoms with Crippen LogP contribution in [0.25, 0.3) is 0 Å². The molecule has 1 aromatic carbocycles. The number of guanidine groups is 1. The zero-order chi connectivity index (χ0) is 19.6. The van der Waals surface area contributed by atoms with Gasteiger partial charge < -0.3 is 20.3 Å². The van der Waals surface area contributed by atoms with E-state index in [4.69, 9.17) is 4.74 Å². The number of rotatable bonds is 7. The number of hydrogen-bond donors (Lipinski definition) is 2. The van der Waals surface area contributed by atoms with Crippen LogP contribution in [0.5, 0.6) is 0 Å². The fourth-order valence-corrected chi connectivity index (χ4v) is 4.05. The van der Waals surface area contributed by atoms with Gasteiger partial charge in [0.25, 0.3) is 0 Å². The van der Waals surface area contributed by atoms with Crippen LogP contribution < -0.4 is 10.6 Å². The van der Waals surface area contributed by atoms with Crippen molar-refractivity contribution < 1.29 is 4.74 Å². The molecule has 0 aliphatic carbocycles. The number of likely N-dealkylation sites (tertiary alicyclic amines) is 1. The molecule has 2 saturated heterocycles. The first-order chi connectivity index (χ1) is 13.8. The van der Waals surface area contributed by atoms with Gasteiger partial charge in [-0.25, -0.2) is 0 Å². The van der Waals surface area contributed by atoms with Gasteiger partial charge in [-0.15, -0.1) is 0 Å². The Morgan fingerprint density at radius 1 is 1.11 bits per heavy atom. The lowest BCUT2D eigenvalue weighted by molar-refractivity contribution is 0.0342. The summed E-state index contributed by atoms with van der Waals surface area (Å²) < 4.78 is 5.44.